The van der Waals surface area contributed by atoms with E-state index >= 15 is 0 Å². The third kappa shape index (κ3) is 7.71. The molecule has 12 rings (SSSR count). The number of H-pyrrole nitrogens is 2. The fourth-order valence-electron chi connectivity index (χ4n) is 9.71. The number of anilines is 3. The maximum absolute atomic E-state index is 6.33. The molecule has 19 heteroatoms. The quantitative estimate of drug-likeness (QED) is 0.114. The van der Waals surface area contributed by atoms with Crippen LogP contribution in [0.4, 0.5) is 17.5 Å². The van der Waals surface area contributed by atoms with Crippen molar-refractivity contribution in [1.82, 2.24) is 59.8 Å². The molecule has 0 bridgehead atoms. The van der Waals surface area contributed by atoms with Gasteiger partial charge in [-0.25, -0.2) is 19.9 Å². The highest BCUT2D eigenvalue weighted by molar-refractivity contribution is 6.36. The summed E-state index contributed by atoms with van der Waals surface area (Å²) >= 11 is 6.33. The summed E-state index contributed by atoms with van der Waals surface area (Å²) in [6, 6.07) is 8.06. The highest BCUT2D eigenvalue weighted by Crippen LogP contribution is 2.43. The van der Waals surface area contributed by atoms with E-state index in [4.69, 9.17) is 45.9 Å². The largest absolute Gasteiger partial charge is 0.496 e. The predicted octanol–water partition coefficient (Wildman–Crippen LogP) is 10.1. The summed E-state index contributed by atoms with van der Waals surface area (Å²) in [6.45, 7) is 11.4. The molecule has 0 amide bonds. The second-order valence-corrected chi connectivity index (χ2v) is 17.5. The van der Waals surface area contributed by atoms with E-state index in [9.17, 15) is 0 Å². The van der Waals surface area contributed by atoms with Crippen LogP contribution in [0.5, 0.6) is 11.5 Å². The SMILES string of the molecule is C.COc1cc2c(cc1-c1c(C)noc1C)[nH]c1nc(C)nc(Cl)c12.COc1cc2c(cc1-c1c(C)noc1C)[nH]c1nc(C)nc(Nc3c4c(nn3C)CCC4)c12.Cn1nc2c(c1N)CCC2. The maximum atomic E-state index is 6.33. The molecule has 2 aromatic carbocycles. The van der Waals surface area contributed by atoms with Gasteiger partial charge in [-0.05, 0) is 104 Å². The van der Waals surface area contributed by atoms with Crippen LogP contribution in [0.2, 0.25) is 5.15 Å². The van der Waals surface area contributed by atoms with Crippen LogP contribution in [-0.2, 0) is 39.8 Å². The Bertz CT molecular complexity index is 3530. The van der Waals surface area contributed by atoms with Gasteiger partial charge in [0.2, 0.25) is 0 Å². The molecular weight excluding hydrogens is 884 g/mol. The molecule has 10 aromatic rings. The average molecular weight is 940 g/mol. The molecule has 68 heavy (non-hydrogen) atoms. The van der Waals surface area contributed by atoms with E-state index in [0.717, 1.165) is 144 Å². The summed E-state index contributed by atoms with van der Waals surface area (Å²) in [6.07, 6.45) is 6.65. The lowest BCUT2D eigenvalue weighted by molar-refractivity contribution is 0.393. The van der Waals surface area contributed by atoms with Crippen LogP contribution in [0.15, 0.2) is 33.3 Å². The molecule has 8 aromatic heterocycles. The van der Waals surface area contributed by atoms with Crippen LogP contribution in [0.1, 0.15) is 77.3 Å². The van der Waals surface area contributed by atoms with E-state index in [1.165, 1.54) is 28.9 Å². The minimum Gasteiger partial charge on any atom is -0.496 e. The molecule has 0 radical (unpaired) electrons. The molecule has 0 fully saturated rings. The van der Waals surface area contributed by atoms with Gasteiger partial charge in [0.25, 0.3) is 0 Å². The second-order valence-electron chi connectivity index (χ2n) is 17.1. The van der Waals surface area contributed by atoms with Gasteiger partial charge < -0.3 is 39.5 Å². The Morgan fingerprint density at radius 2 is 1.16 bits per heavy atom. The van der Waals surface area contributed by atoms with E-state index in [-0.39, 0.29) is 7.43 Å². The van der Waals surface area contributed by atoms with Crippen molar-refractivity contribution in [3.63, 3.8) is 0 Å². The van der Waals surface area contributed by atoms with Crippen LogP contribution < -0.4 is 20.5 Å². The van der Waals surface area contributed by atoms with Crippen molar-refractivity contribution in [3.8, 4) is 33.8 Å². The van der Waals surface area contributed by atoms with Gasteiger partial charge in [0.15, 0.2) is 0 Å². The number of nitrogens with one attached hydrogen (secondary N) is 3. The van der Waals surface area contributed by atoms with Crippen molar-refractivity contribution in [2.45, 2.75) is 87.5 Å². The van der Waals surface area contributed by atoms with Gasteiger partial charge in [-0.15, -0.1) is 0 Å². The summed E-state index contributed by atoms with van der Waals surface area (Å²) < 4.78 is 25.8. The van der Waals surface area contributed by atoms with E-state index in [1.807, 2.05) is 78.5 Å². The Balaban J connectivity index is 0.000000144. The van der Waals surface area contributed by atoms with Crippen LogP contribution >= 0.6 is 11.6 Å². The van der Waals surface area contributed by atoms with E-state index in [0.29, 0.717) is 22.4 Å². The lowest BCUT2D eigenvalue weighted by atomic mass is 10.0. The fourth-order valence-corrected chi connectivity index (χ4v) is 10.0. The minimum atomic E-state index is 0. The molecular formula is C49H55ClN14O4. The Kier molecular flexibility index (Phi) is 11.8. The molecule has 0 aliphatic heterocycles. The van der Waals surface area contributed by atoms with E-state index in [1.54, 1.807) is 18.9 Å². The number of aromatic amines is 2. The number of nitrogens with two attached hydrogens (primary N) is 1. The molecule has 2 aliphatic rings. The molecule has 2 aliphatic carbocycles. The zero-order valence-electron chi connectivity index (χ0n) is 39.1. The lowest BCUT2D eigenvalue weighted by Gasteiger charge is -2.11. The highest BCUT2D eigenvalue weighted by atomic mass is 35.5. The maximum Gasteiger partial charge on any atom is 0.145 e. The van der Waals surface area contributed by atoms with Crippen molar-refractivity contribution >= 4 is 72.9 Å². The monoisotopic (exact) mass is 938 g/mol. The van der Waals surface area contributed by atoms with Gasteiger partial charge in [-0.1, -0.05) is 29.3 Å². The molecule has 0 unspecified atom stereocenters. The number of hydrogen-bond donors (Lipinski definition) is 4. The smallest absolute Gasteiger partial charge is 0.145 e. The Hall–Kier alpha value is -7.47. The third-order valence-electron chi connectivity index (χ3n) is 12.7. The second kappa shape index (κ2) is 17.6. The number of fused-ring (bicyclic) bond motifs is 8. The number of halogens is 1. The average Bonchev–Trinajstić information content (AvgIpc) is 4.18. The highest BCUT2D eigenvalue weighted by Gasteiger charge is 2.25. The molecule has 0 saturated carbocycles. The molecule has 0 saturated heterocycles. The normalized spacial score (nSPS) is 12.8. The van der Waals surface area contributed by atoms with Crippen molar-refractivity contribution in [2.75, 3.05) is 25.3 Å². The molecule has 0 spiro atoms. The first-order valence-electron chi connectivity index (χ1n) is 22.1. The molecule has 8 heterocycles. The van der Waals surface area contributed by atoms with Crippen LogP contribution in [-0.4, -0.2) is 74.0 Å². The number of nitrogens with zero attached hydrogens (tertiary/aromatic N) is 10. The summed E-state index contributed by atoms with van der Waals surface area (Å²) in [5, 5.41) is 24.7. The fraction of sp³-hybridized carbons (Fsp3) is 0.347. The summed E-state index contributed by atoms with van der Waals surface area (Å²) in [7, 11) is 7.18. The number of methoxy groups -OCH3 is 2. The zero-order chi connectivity index (χ0) is 47.0. The number of benzene rings is 2. The summed E-state index contributed by atoms with van der Waals surface area (Å²) in [5.41, 5.74) is 19.4. The minimum absolute atomic E-state index is 0. The van der Waals surface area contributed by atoms with E-state index in [2.05, 4.69) is 51.7 Å². The van der Waals surface area contributed by atoms with Crippen molar-refractivity contribution in [3.05, 3.63) is 86.5 Å². The van der Waals surface area contributed by atoms with Crippen molar-refractivity contribution < 1.29 is 18.5 Å². The first-order valence-corrected chi connectivity index (χ1v) is 22.5. The van der Waals surface area contributed by atoms with Crippen LogP contribution in [0.25, 0.3) is 66.1 Å². The van der Waals surface area contributed by atoms with E-state index < -0.39 is 0 Å². The number of ether oxygens (including phenoxy) is 2. The van der Waals surface area contributed by atoms with Gasteiger partial charge in [0.05, 0.1) is 58.9 Å². The summed E-state index contributed by atoms with van der Waals surface area (Å²) in [4.78, 5) is 24.9. The standard InChI is InChI=1S/C24H25N7O2.C17H15ClN4O2.C7H11N3.CH4/c1-11-20(12(2)33-30-11)16-9-18-15(10-19(16)32-5)21-22(27-18)25-13(3)26-23(21)28-24-14-7-6-8-17(14)29-31(24)4;1-7-14(8(2)24-22-7)11-5-12-10(6-13(11)23-4)15-16(18)19-9(3)20-17(15)21-12;1-10-7(8)5-3-2-4-6(5)9-10;/h9-10H,6-8H2,1-5H3,(H2,25,26,27,28);5-6H,1-4H3,(H,19,20,21);2-4,8H2,1H3;1H4. The molecule has 352 valence electrons. The Morgan fingerprint density at radius 1 is 0.662 bits per heavy atom. The first kappa shape index (κ1) is 45.7. The number of aryl methyl sites for hydroxylation is 10. The third-order valence-corrected chi connectivity index (χ3v) is 13.0. The Labute approximate surface area is 397 Å². The lowest BCUT2D eigenvalue weighted by Crippen LogP contribution is -2.05. The van der Waals surface area contributed by atoms with Crippen LogP contribution in [0.3, 0.4) is 0 Å². The van der Waals surface area contributed by atoms with Gasteiger partial charge in [-0.3, -0.25) is 9.36 Å². The summed E-state index contributed by atoms with van der Waals surface area (Å²) in [5.74, 6) is 6.88. The number of nitrogen functional groups attached to an aromatic ring is 1. The zero-order valence-corrected chi connectivity index (χ0v) is 39.9. The van der Waals surface area contributed by atoms with Crippen molar-refractivity contribution in [1.29, 1.82) is 0 Å². The van der Waals surface area contributed by atoms with Crippen LogP contribution in [0, 0.1) is 41.5 Å². The Morgan fingerprint density at radius 3 is 1.69 bits per heavy atom. The van der Waals surface area contributed by atoms with Gasteiger partial charge >= 0.3 is 0 Å². The van der Waals surface area contributed by atoms with Crippen molar-refractivity contribution in [2.24, 2.45) is 14.1 Å². The number of hydrogen-bond acceptors (Lipinski definition) is 14. The molecule has 18 nitrogen and oxygen atoms in total. The first-order chi connectivity index (χ1) is 32.2. The van der Waals surface area contributed by atoms with Gasteiger partial charge in [-0.2, -0.15) is 10.2 Å². The number of aromatic nitrogens is 12. The van der Waals surface area contributed by atoms with Gasteiger partial charge in [0, 0.05) is 58.2 Å². The number of rotatable bonds is 6. The molecule has 5 N–H and O–H groups in total. The topological polar surface area (TPSA) is 227 Å². The molecule has 0 atom stereocenters. The van der Waals surface area contributed by atoms with Gasteiger partial charge in [0.1, 0.15) is 68.6 Å². The predicted molar refractivity (Wildman–Crippen MR) is 265 cm³/mol.